The minimum Gasteiger partial charge on any atom is -0.489 e. The number of anilines is 1. The fraction of sp³-hybridized carbons (Fsp3) is 0.0769. The van der Waals surface area contributed by atoms with Crippen LogP contribution in [-0.2, 0) is 17.5 Å². The summed E-state index contributed by atoms with van der Waals surface area (Å²) >= 11 is 0. The van der Waals surface area contributed by atoms with Crippen LogP contribution in [0.25, 0.3) is 0 Å². The Balaban J connectivity index is 0.00000180. The fourth-order valence-corrected chi connectivity index (χ4v) is 1.85. The van der Waals surface area contributed by atoms with Crippen molar-refractivity contribution >= 4 is 46.1 Å². The molecule has 1 radical (unpaired) electrons. The van der Waals surface area contributed by atoms with Gasteiger partial charge in [0.2, 0.25) is 10.9 Å². The summed E-state index contributed by atoms with van der Waals surface area (Å²) in [6, 6.07) is 16.6. The van der Waals surface area contributed by atoms with Crippen molar-refractivity contribution in [3.8, 4) is 5.75 Å². The molecular formula is C13H13NNaO3S. The Labute approximate surface area is 136 Å². The quantitative estimate of drug-likeness (QED) is 0.651. The maximum atomic E-state index is 10.5. The van der Waals surface area contributed by atoms with E-state index in [4.69, 9.17) is 4.74 Å². The minimum atomic E-state index is -2.65. The fourth-order valence-electron chi connectivity index (χ4n) is 1.50. The van der Waals surface area contributed by atoms with Crippen LogP contribution in [0.15, 0.2) is 54.6 Å². The van der Waals surface area contributed by atoms with E-state index in [9.17, 15) is 8.42 Å². The molecule has 0 saturated carbocycles. The largest absolute Gasteiger partial charge is 0.489 e. The summed E-state index contributed by atoms with van der Waals surface area (Å²) in [6.45, 7) is 0.452. The van der Waals surface area contributed by atoms with E-state index >= 15 is 0 Å². The molecule has 2 rings (SSSR count). The number of benzene rings is 2. The second kappa shape index (κ2) is 8.22. The summed E-state index contributed by atoms with van der Waals surface area (Å²) in [5, 5.41) is 0. The van der Waals surface area contributed by atoms with Gasteiger partial charge in [0.25, 0.3) is 0 Å². The SMILES string of the molecule is O=[SH](=O)Nc1cccc(OCc2ccccc2)c1.[Na]. The standard InChI is InChI=1S/C13H13NO3S.Na/c15-18(16)14-12-7-4-8-13(9-12)17-10-11-5-2-1-3-6-11;/h1-9,18H,10H2,(H,14,15,16);. The molecule has 0 atom stereocenters. The Bertz CT molecular complexity index is 579. The number of ether oxygens (including phenoxy) is 1. The summed E-state index contributed by atoms with van der Waals surface area (Å²) in [5.74, 6) is 0.626. The maximum absolute atomic E-state index is 10.5. The van der Waals surface area contributed by atoms with Crippen LogP contribution in [0.2, 0.25) is 0 Å². The minimum absolute atomic E-state index is 0. The Morgan fingerprint density at radius 1 is 1.00 bits per heavy atom. The third-order valence-corrected chi connectivity index (χ3v) is 2.74. The molecule has 1 N–H and O–H groups in total. The van der Waals surface area contributed by atoms with Crippen LogP contribution >= 0.6 is 0 Å². The van der Waals surface area contributed by atoms with Crippen molar-refractivity contribution in [1.82, 2.24) is 0 Å². The zero-order valence-electron chi connectivity index (χ0n) is 10.6. The molecule has 19 heavy (non-hydrogen) atoms. The van der Waals surface area contributed by atoms with Gasteiger partial charge in [-0.05, 0) is 17.7 Å². The van der Waals surface area contributed by atoms with Gasteiger partial charge >= 0.3 is 0 Å². The van der Waals surface area contributed by atoms with Gasteiger partial charge in [-0.15, -0.1) is 0 Å². The van der Waals surface area contributed by atoms with E-state index in [1.165, 1.54) is 0 Å². The van der Waals surface area contributed by atoms with Crippen LogP contribution < -0.4 is 9.46 Å². The Morgan fingerprint density at radius 3 is 2.42 bits per heavy atom. The molecule has 0 spiro atoms. The molecule has 0 saturated heterocycles. The summed E-state index contributed by atoms with van der Waals surface area (Å²) in [5.41, 5.74) is 1.56. The summed E-state index contributed by atoms with van der Waals surface area (Å²) in [4.78, 5) is 0. The van der Waals surface area contributed by atoms with Crippen molar-refractivity contribution < 1.29 is 13.2 Å². The van der Waals surface area contributed by atoms with Crippen molar-refractivity contribution in [2.24, 2.45) is 0 Å². The first-order valence-electron chi connectivity index (χ1n) is 5.42. The van der Waals surface area contributed by atoms with Gasteiger partial charge < -0.3 is 4.74 Å². The van der Waals surface area contributed by atoms with Gasteiger partial charge in [0.15, 0.2) is 0 Å². The predicted molar refractivity (Wildman–Crippen MR) is 76.9 cm³/mol. The van der Waals surface area contributed by atoms with Crippen molar-refractivity contribution in [3.05, 3.63) is 60.2 Å². The molecule has 0 amide bonds. The topological polar surface area (TPSA) is 55.4 Å². The van der Waals surface area contributed by atoms with Gasteiger partial charge in [-0.25, -0.2) is 8.42 Å². The Kier molecular flexibility index (Phi) is 6.94. The van der Waals surface area contributed by atoms with Crippen LogP contribution in [0, 0.1) is 0 Å². The van der Waals surface area contributed by atoms with Crippen molar-refractivity contribution in [2.75, 3.05) is 4.72 Å². The average molecular weight is 286 g/mol. The van der Waals surface area contributed by atoms with E-state index in [-0.39, 0.29) is 29.6 Å². The van der Waals surface area contributed by atoms with Gasteiger partial charge in [-0.2, -0.15) is 0 Å². The summed E-state index contributed by atoms with van der Waals surface area (Å²) < 4.78 is 29.0. The summed E-state index contributed by atoms with van der Waals surface area (Å²) in [6.07, 6.45) is 0. The molecule has 0 aliphatic rings. The molecule has 2 aromatic rings. The molecule has 95 valence electrons. The van der Waals surface area contributed by atoms with Gasteiger partial charge in [-0.3, -0.25) is 4.72 Å². The zero-order chi connectivity index (χ0) is 12.8. The van der Waals surface area contributed by atoms with E-state index in [2.05, 4.69) is 4.72 Å². The molecule has 0 aromatic heterocycles. The van der Waals surface area contributed by atoms with Gasteiger partial charge in [-0.1, -0.05) is 36.4 Å². The van der Waals surface area contributed by atoms with Crippen molar-refractivity contribution in [3.63, 3.8) is 0 Å². The van der Waals surface area contributed by atoms with Crippen LogP contribution in [0.4, 0.5) is 5.69 Å². The molecular weight excluding hydrogens is 273 g/mol. The number of thiol groups is 1. The maximum Gasteiger partial charge on any atom is 0.222 e. The smallest absolute Gasteiger partial charge is 0.222 e. The Morgan fingerprint density at radius 2 is 1.74 bits per heavy atom. The first-order valence-corrected chi connectivity index (χ1v) is 6.59. The summed E-state index contributed by atoms with van der Waals surface area (Å²) in [7, 11) is -2.65. The van der Waals surface area contributed by atoms with E-state index in [1.54, 1.807) is 24.3 Å². The number of rotatable bonds is 5. The first kappa shape index (κ1) is 16.0. The second-order valence-electron chi connectivity index (χ2n) is 3.67. The normalized spacial score (nSPS) is 9.74. The zero-order valence-corrected chi connectivity index (χ0v) is 13.5. The predicted octanol–water partition coefficient (Wildman–Crippen LogP) is 1.82. The molecule has 2 aromatic carbocycles. The monoisotopic (exact) mass is 286 g/mol. The van der Waals surface area contributed by atoms with Crippen LogP contribution in [0.3, 0.4) is 0 Å². The second-order valence-corrected chi connectivity index (χ2v) is 4.41. The molecule has 0 heterocycles. The van der Waals surface area contributed by atoms with Crippen LogP contribution in [0.5, 0.6) is 5.75 Å². The number of hydrogen-bond donors (Lipinski definition) is 2. The van der Waals surface area contributed by atoms with E-state index < -0.39 is 10.9 Å². The van der Waals surface area contributed by atoms with Crippen LogP contribution in [0.1, 0.15) is 5.56 Å². The van der Waals surface area contributed by atoms with Gasteiger partial charge in [0, 0.05) is 35.6 Å². The van der Waals surface area contributed by atoms with E-state index in [0.717, 1.165) is 5.56 Å². The van der Waals surface area contributed by atoms with E-state index in [0.29, 0.717) is 18.0 Å². The molecule has 0 unspecified atom stereocenters. The molecule has 0 bridgehead atoms. The van der Waals surface area contributed by atoms with E-state index in [1.807, 2.05) is 30.3 Å². The number of hydrogen-bond acceptors (Lipinski definition) is 3. The van der Waals surface area contributed by atoms with Gasteiger partial charge in [0.05, 0.1) is 5.69 Å². The molecule has 0 aliphatic heterocycles. The van der Waals surface area contributed by atoms with Crippen LogP contribution in [-0.4, -0.2) is 38.0 Å². The molecule has 0 aliphatic carbocycles. The number of nitrogens with one attached hydrogen (secondary N) is 1. The molecule has 4 nitrogen and oxygen atoms in total. The average Bonchev–Trinajstić information content (AvgIpc) is 2.37. The van der Waals surface area contributed by atoms with Crippen molar-refractivity contribution in [2.45, 2.75) is 6.61 Å². The molecule has 6 heteroatoms. The molecule has 0 fully saturated rings. The first-order chi connectivity index (χ1) is 8.74. The van der Waals surface area contributed by atoms with Gasteiger partial charge in [0.1, 0.15) is 12.4 Å². The third kappa shape index (κ3) is 5.65. The third-order valence-electron chi connectivity index (χ3n) is 2.30. The van der Waals surface area contributed by atoms with Crippen molar-refractivity contribution in [1.29, 1.82) is 0 Å². The Hall–Kier alpha value is -1.01.